The van der Waals surface area contributed by atoms with Gasteiger partial charge in [-0.15, -0.1) is 0 Å². The number of hydrogen-bond donors (Lipinski definition) is 0. The third-order valence-electron chi connectivity index (χ3n) is 3.01. The van der Waals surface area contributed by atoms with Crippen LogP contribution < -0.4 is 0 Å². The van der Waals surface area contributed by atoms with Crippen LogP contribution in [0.5, 0.6) is 0 Å². The van der Waals surface area contributed by atoms with Crippen molar-refractivity contribution in [3.05, 3.63) is 35.6 Å². The third kappa shape index (κ3) is 3.54. The first kappa shape index (κ1) is 14.9. The maximum atomic E-state index is 14.2. The molecule has 0 N–H and O–H groups in total. The van der Waals surface area contributed by atoms with Crippen molar-refractivity contribution in [2.45, 2.75) is 38.9 Å². The molecule has 0 aliphatic carbocycles. The highest BCUT2D eigenvalue weighted by Crippen LogP contribution is 2.27. The van der Waals surface area contributed by atoms with Crippen molar-refractivity contribution in [3.63, 3.8) is 0 Å². The summed E-state index contributed by atoms with van der Waals surface area (Å²) in [5.41, 5.74) is -0.245. The summed E-state index contributed by atoms with van der Waals surface area (Å²) < 4.78 is 28.9. The molecule has 108 valence electrons. The number of aromatic nitrogens is 3. The molecule has 0 saturated heterocycles. The van der Waals surface area contributed by atoms with Crippen molar-refractivity contribution in [1.82, 2.24) is 14.8 Å². The van der Waals surface area contributed by atoms with E-state index in [2.05, 4.69) is 10.1 Å². The highest BCUT2D eigenvalue weighted by atomic mass is 35.5. The second-order valence-corrected chi connectivity index (χ2v) is 5.44. The Kier molecular flexibility index (Phi) is 4.38. The number of pyridine rings is 1. The van der Waals surface area contributed by atoms with Crippen LogP contribution in [0.3, 0.4) is 0 Å². The van der Waals surface area contributed by atoms with Crippen molar-refractivity contribution in [3.8, 4) is 11.1 Å². The van der Waals surface area contributed by atoms with E-state index in [9.17, 15) is 8.78 Å². The van der Waals surface area contributed by atoms with E-state index in [-0.39, 0.29) is 11.7 Å². The first-order chi connectivity index (χ1) is 9.41. The normalized spacial score (nSPS) is 14.2. The van der Waals surface area contributed by atoms with Crippen LogP contribution in [-0.2, 0) is 6.54 Å². The Morgan fingerprint density at radius 3 is 2.85 bits per heavy atom. The molecule has 1 atom stereocenters. The molecule has 0 aliphatic rings. The number of rotatable bonds is 5. The zero-order chi connectivity index (χ0) is 14.8. The van der Waals surface area contributed by atoms with Crippen LogP contribution in [0, 0.1) is 5.82 Å². The highest BCUT2D eigenvalue weighted by molar-refractivity contribution is 6.32. The predicted octanol–water partition coefficient (Wildman–Crippen LogP) is 4.27. The largest absolute Gasteiger partial charge is 0.269 e. The standard InChI is InChI=1S/C14H16ClF2N3/c1-3-4-14(2,17)9-20-8-10(6-19-20)12-5-11(16)7-18-13(12)15/h5-8H,3-4,9H2,1-2H3. The molecule has 0 aromatic carbocycles. The van der Waals surface area contributed by atoms with Crippen LogP contribution in [0.15, 0.2) is 24.7 Å². The first-order valence-electron chi connectivity index (χ1n) is 6.44. The lowest BCUT2D eigenvalue weighted by molar-refractivity contribution is 0.141. The van der Waals surface area contributed by atoms with Crippen LogP contribution in [0.25, 0.3) is 11.1 Å². The van der Waals surface area contributed by atoms with Gasteiger partial charge in [-0.05, 0) is 19.4 Å². The minimum atomic E-state index is -1.32. The lowest BCUT2D eigenvalue weighted by Gasteiger charge is -2.19. The summed E-state index contributed by atoms with van der Waals surface area (Å²) in [7, 11) is 0. The molecule has 2 aromatic rings. The molecule has 1 unspecified atom stereocenters. The summed E-state index contributed by atoms with van der Waals surface area (Å²) >= 11 is 5.93. The summed E-state index contributed by atoms with van der Waals surface area (Å²) in [4.78, 5) is 3.75. The molecular weight excluding hydrogens is 284 g/mol. The number of hydrogen-bond acceptors (Lipinski definition) is 2. The lowest BCUT2D eigenvalue weighted by atomic mass is 10.0. The molecule has 2 aromatic heterocycles. The molecular formula is C14H16ClF2N3. The van der Waals surface area contributed by atoms with Crippen LogP contribution in [0.1, 0.15) is 26.7 Å². The highest BCUT2D eigenvalue weighted by Gasteiger charge is 2.23. The van der Waals surface area contributed by atoms with E-state index >= 15 is 0 Å². The zero-order valence-corrected chi connectivity index (χ0v) is 12.2. The molecule has 20 heavy (non-hydrogen) atoms. The average molecular weight is 300 g/mol. The molecule has 6 heteroatoms. The first-order valence-corrected chi connectivity index (χ1v) is 6.82. The van der Waals surface area contributed by atoms with Crippen LogP contribution in [0.4, 0.5) is 8.78 Å². The van der Waals surface area contributed by atoms with E-state index in [1.54, 1.807) is 13.1 Å². The van der Waals surface area contributed by atoms with Gasteiger partial charge in [-0.25, -0.2) is 13.8 Å². The third-order valence-corrected chi connectivity index (χ3v) is 3.31. The fourth-order valence-corrected chi connectivity index (χ4v) is 2.36. The quantitative estimate of drug-likeness (QED) is 0.772. The fourth-order valence-electron chi connectivity index (χ4n) is 2.15. The molecule has 0 radical (unpaired) electrons. The number of halogens is 3. The molecule has 2 rings (SSSR count). The van der Waals surface area contributed by atoms with E-state index < -0.39 is 11.5 Å². The molecule has 2 heterocycles. The van der Waals surface area contributed by atoms with Crippen molar-refractivity contribution < 1.29 is 8.78 Å². The maximum Gasteiger partial charge on any atom is 0.142 e. The Bertz CT molecular complexity index is 596. The van der Waals surface area contributed by atoms with E-state index in [1.165, 1.54) is 16.9 Å². The summed E-state index contributed by atoms with van der Waals surface area (Å²) in [6.07, 6.45) is 5.46. The van der Waals surface area contributed by atoms with Gasteiger partial charge in [-0.1, -0.05) is 24.9 Å². The van der Waals surface area contributed by atoms with E-state index in [0.29, 0.717) is 17.5 Å². The maximum absolute atomic E-state index is 14.2. The van der Waals surface area contributed by atoms with Gasteiger partial charge in [0.1, 0.15) is 16.6 Å². The number of alkyl halides is 1. The van der Waals surface area contributed by atoms with Gasteiger partial charge in [0.15, 0.2) is 0 Å². The van der Waals surface area contributed by atoms with E-state index in [4.69, 9.17) is 11.6 Å². The summed E-state index contributed by atoms with van der Waals surface area (Å²) in [6, 6.07) is 1.29. The Balaban J connectivity index is 2.23. The SMILES string of the molecule is CCCC(C)(F)Cn1cc(-c2cc(F)cnc2Cl)cn1. The van der Waals surface area contributed by atoms with E-state index in [0.717, 1.165) is 12.6 Å². The molecule has 0 fully saturated rings. The molecule has 0 saturated carbocycles. The van der Waals surface area contributed by atoms with Gasteiger partial charge < -0.3 is 0 Å². The molecule has 0 aliphatic heterocycles. The van der Waals surface area contributed by atoms with Crippen molar-refractivity contribution >= 4 is 11.6 Å². The minimum absolute atomic E-state index is 0.154. The minimum Gasteiger partial charge on any atom is -0.269 e. The van der Waals surface area contributed by atoms with E-state index in [1.807, 2.05) is 6.92 Å². The van der Waals surface area contributed by atoms with Crippen molar-refractivity contribution in [1.29, 1.82) is 0 Å². The lowest BCUT2D eigenvalue weighted by Crippen LogP contribution is -2.25. The topological polar surface area (TPSA) is 30.7 Å². The second-order valence-electron chi connectivity index (χ2n) is 5.08. The molecule has 0 amide bonds. The predicted molar refractivity (Wildman–Crippen MR) is 74.8 cm³/mol. The molecule has 0 spiro atoms. The Labute approximate surface area is 121 Å². The van der Waals surface area contributed by atoms with Gasteiger partial charge in [-0.2, -0.15) is 5.10 Å². The van der Waals surface area contributed by atoms with Gasteiger partial charge in [-0.3, -0.25) is 4.68 Å². The fraction of sp³-hybridized carbons (Fsp3) is 0.429. The van der Waals surface area contributed by atoms with Crippen LogP contribution >= 0.6 is 11.6 Å². The van der Waals surface area contributed by atoms with Crippen molar-refractivity contribution in [2.24, 2.45) is 0 Å². The Morgan fingerprint density at radius 1 is 1.40 bits per heavy atom. The second kappa shape index (κ2) is 5.87. The van der Waals surface area contributed by atoms with Crippen LogP contribution in [-0.4, -0.2) is 20.4 Å². The smallest absolute Gasteiger partial charge is 0.142 e. The van der Waals surface area contributed by atoms with Gasteiger partial charge in [0.25, 0.3) is 0 Å². The zero-order valence-electron chi connectivity index (χ0n) is 11.4. The summed E-state index contributed by atoms with van der Waals surface area (Å²) in [5, 5.41) is 4.30. The monoisotopic (exact) mass is 299 g/mol. The average Bonchev–Trinajstić information content (AvgIpc) is 2.79. The Morgan fingerprint density at radius 2 is 2.15 bits per heavy atom. The van der Waals surface area contributed by atoms with Crippen LogP contribution in [0.2, 0.25) is 5.15 Å². The van der Waals surface area contributed by atoms with Crippen molar-refractivity contribution in [2.75, 3.05) is 0 Å². The number of nitrogens with zero attached hydrogens (tertiary/aromatic N) is 3. The molecule has 3 nitrogen and oxygen atoms in total. The molecule has 0 bridgehead atoms. The summed E-state index contributed by atoms with van der Waals surface area (Å²) in [6.45, 7) is 3.64. The van der Waals surface area contributed by atoms with Gasteiger partial charge in [0, 0.05) is 17.3 Å². The van der Waals surface area contributed by atoms with Gasteiger partial charge in [0.2, 0.25) is 0 Å². The van der Waals surface area contributed by atoms with Gasteiger partial charge >= 0.3 is 0 Å². The van der Waals surface area contributed by atoms with Gasteiger partial charge in [0.05, 0.1) is 18.9 Å². The summed E-state index contributed by atoms with van der Waals surface area (Å²) in [5.74, 6) is -0.474. The Hall–Kier alpha value is -1.49.